The molecule has 0 atom stereocenters. The number of hydrogen-bond donors (Lipinski definition) is 2. The third-order valence-corrected chi connectivity index (χ3v) is 4.54. The lowest BCUT2D eigenvalue weighted by molar-refractivity contribution is 0.565. The molecule has 0 amide bonds. The van der Waals surface area contributed by atoms with Crippen LogP contribution in [0, 0.1) is 17.1 Å². The van der Waals surface area contributed by atoms with Crippen LogP contribution in [0.25, 0.3) is 10.9 Å². The number of hydrogen-bond acceptors (Lipinski definition) is 4. The Morgan fingerprint density at radius 2 is 2.00 bits per heavy atom. The van der Waals surface area contributed by atoms with Crippen molar-refractivity contribution in [3.8, 4) is 6.07 Å². The van der Waals surface area contributed by atoms with E-state index in [1.807, 2.05) is 18.2 Å². The van der Waals surface area contributed by atoms with Crippen LogP contribution >= 0.6 is 15.9 Å². The molecule has 6 heteroatoms. The Morgan fingerprint density at radius 3 is 2.68 bits per heavy atom. The number of aromatic nitrogens is 1. The lowest BCUT2D eigenvalue weighted by Crippen LogP contribution is -2.16. The Morgan fingerprint density at radius 1 is 1.24 bits per heavy atom. The molecule has 25 heavy (non-hydrogen) atoms. The van der Waals surface area contributed by atoms with Crippen molar-refractivity contribution in [3.05, 3.63) is 58.4 Å². The first-order valence-corrected chi connectivity index (χ1v) is 8.43. The largest absolute Gasteiger partial charge is 0.396 e. The smallest absolute Gasteiger partial charge is 0.130 e. The molecule has 0 bridgehead atoms. The van der Waals surface area contributed by atoms with Gasteiger partial charge in [-0.25, -0.2) is 4.39 Å². The number of fused-ring (bicyclic) bond motifs is 1. The van der Waals surface area contributed by atoms with Crippen molar-refractivity contribution in [2.45, 2.75) is 19.3 Å². The number of rotatable bonds is 3. The van der Waals surface area contributed by atoms with Crippen LogP contribution in [0.4, 0.5) is 21.5 Å². The van der Waals surface area contributed by atoms with E-state index in [9.17, 15) is 9.65 Å². The van der Waals surface area contributed by atoms with Gasteiger partial charge in [-0.2, -0.15) is 5.26 Å². The van der Waals surface area contributed by atoms with Gasteiger partial charge >= 0.3 is 0 Å². The minimum Gasteiger partial charge on any atom is -0.396 e. The van der Waals surface area contributed by atoms with Gasteiger partial charge in [0.25, 0.3) is 0 Å². The number of anilines is 3. The molecule has 2 aromatic carbocycles. The Balaban J connectivity index is 2.05. The molecule has 0 spiro atoms. The second kappa shape index (κ2) is 6.34. The van der Waals surface area contributed by atoms with Gasteiger partial charge < -0.3 is 11.1 Å². The van der Waals surface area contributed by atoms with Crippen LogP contribution in [0.2, 0.25) is 0 Å². The quantitative estimate of drug-likeness (QED) is 0.630. The summed E-state index contributed by atoms with van der Waals surface area (Å²) >= 11 is 3.44. The topological polar surface area (TPSA) is 74.7 Å². The second-order valence-corrected chi connectivity index (χ2v) is 7.22. The number of pyridine rings is 1. The van der Waals surface area contributed by atoms with E-state index in [2.05, 4.69) is 32.3 Å². The van der Waals surface area contributed by atoms with E-state index in [4.69, 9.17) is 5.73 Å². The van der Waals surface area contributed by atoms with Crippen molar-refractivity contribution >= 4 is 43.9 Å². The van der Waals surface area contributed by atoms with E-state index < -0.39 is 11.2 Å². The standard InChI is InChI=1S/C19H16BrFN4/c1-19(2,10-22)14-5-4-12(8-15(14)21)25-18-13-7-11(20)3-6-17(13)24-9-16(18)23/h3-9H,23H2,1-2H3,(H,24,25). The Kier molecular flexibility index (Phi) is 4.36. The van der Waals surface area contributed by atoms with Crippen LogP contribution in [0.15, 0.2) is 47.1 Å². The Labute approximate surface area is 153 Å². The maximum absolute atomic E-state index is 14.5. The van der Waals surface area contributed by atoms with Crippen molar-refractivity contribution < 1.29 is 4.39 Å². The van der Waals surface area contributed by atoms with E-state index in [1.165, 1.54) is 6.07 Å². The van der Waals surface area contributed by atoms with Gasteiger partial charge in [-0.05, 0) is 44.2 Å². The summed E-state index contributed by atoms with van der Waals surface area (Å²) < 4.78 is 15.4. The molecule has 0 radical (unpaired) electrons. The maximum Gasteiger partial charge on any atom is 0.130 e. The monoisotopic (exact) mass is 398 g/mol. The molecule has 3 rings (SSSR count). The predicted molar refractivity (Wildman–Crippen MR) is 102 cm³/mol. The van der Waals surface area contributed by atoms with Crippen LogP contribution in [-0.2, 0) is 5.41 Å². The molecule has 126 valence electrons. The van der Waals surface area contributed by atoms with Gasteiger partial charge in [-0.3, -0.25) is 4.98 Å². The van der Waals surface area contributed by atoms with Crippen molar-refractivity contribution in [1.82, 2.24) is 4.98 Å². The molecule has 0 aliphatic heterocycles. The predicted octanol–water partition coefficient (Wildman–Crippen LogP) is 5.26. The molecule has 0 fully saturated rings. The fourth-order valence-corrected chi connectivity index (χ4v) is 2.99. The minimum absolute atomic E-state index is 0.357. The Bertz CT molecular complexity index is 1000. The van der Waals surface area contributed by atoms with E-state index in [0.717, 1.165) is 15.4 Å². The summed E-state index contributed by atoms with van der Waals surface area (Å²) in [6.45, 7) is 3.37. The molecule has 0 aliphatic rings. The highest BCUT2D eigenvalue weighted by atomic mass is 79.9. The summed E-state index contributed by atoms with van der Waals surface area (Å²) in [5, 5.41) is 13.2. The average Bonchev–Trinajstić information content (AvgIpc) is 2.57. The van der Waals surface area contributed by atoms with Crippen LogP contribution in [-0.4, -0.2) is 4.98 Å². The molecule has 3 N–H and O–H groups in total. The van der Waals surface area contributed by atoms with E-state index in [0.29, 0.717) is 22.6 Å². The van der Waals surface area contributed by atoms with E-state index >= 15 is 0 Å². The summed E-state index contributed by atoms with van der Waals surface area (Å²) in [4.78, 5) is 4.30. The second-order valence-electron chi connectivity index (χ2n) is 6.31. The average molecular weight is 399 g/mol. The number of halogens is 2. The SMILES string of the molecule is CC(C)(C#N)c1ccc(Nc2c(N)cnc3ccc(Br)cc23)cc1F. The van der Waals surface area contributed by atoms with Gasteiger partial charge in [0.05, 0.1) is 34.6 Å². The zero-order valence-electron chi connectivity index (χ0n) is 13.8. The van der Waals surface area contributed by atoms with Crippen molar-refractivity contribution in [2.24, 2.45) is 0 Å². The lowest BCUT2D eigenvalue weighted by atomic mass is 9.86. The summed E-state index contributed by atoms with van der Waals surface area (Å²) in [5.41, 5.74) is 7.99. The minimum atomic E-state index is -0.893. The number of nitrogens with one attached hydrogen (secondary N) is 1. The first-order valence-electron chi connectivity index (χ1n) is 7.64. The molecular weight excluding hydrogens is 383 g/mol. The molecule has 1 heterocycles. The molecule has 0 saturated heterocycles. The van der Waals surface area contributed by atoms with Crippen LogP contribution < -0.4 is 11.1 Å². The normalized spacial score (nSPS) is 11.3. The summed E-state index contributed by atoms with van der Waals surface area (Å²) in [7, 11) is 0. The van der Waals surface area contributed by atoms with E-state index in [-0.39, 0.29) is 0 Å². The van der Waals surface area contributed by atoms with Crippen LogP contribution in [0.5, 0.6) is 0 Å². The first kappa shape index (κ1) is 17.2. The molecule has 4 nitrogen and oxygen atoms in total. The molecule has 1 aromatic heterocycles. The molecule has 0 aliphatic carbocycles. The number of nitriles is 1. The highest BCUT2D eigenvalue weighted by molar-refractivity contribution is 9.10. The van der Waals surface area contributed by atoms with Crippen LogP contribution in [0.3, 0.4) is 0 Å². The summed E-state index contributed by atoms with van der Waals surface area (Å²) in [6, 6.07) is 12.5. The van der Waals surface area contributed by atoms with Gasteiger partial charge in [-0.1, -0.05) is 22.0 Å². The van der Waals surface area contributed by atoms with Crippen molar-refractivity contribution in [1.29, 1.82) is 5.26 Å². The molecule has 0 unspecified atom stereocenters. The highest BCUT2D eigenvalue weighted by Crippen LogP contribution is 2.34. The van der Waals surface area contributed by atoms with Crippen molar-refractivity contribution in [2.75, 3.05) is 11.1 Å². The molecule has 3 aromatic rings. The maximum atomic E-state index is 14.5. The highest BCUT2D eigenvalue weighted by Gasteiger charge is 2.23. The zero-order valence-corrected chi connectivity index (χ0v) is 15.4. The third kappa shape index (κ3) is 3.28. The third-order valence-electron chi connectivity index (χ3n) is 4.05. The molecule has 0 saturated carbocycles. The zero-order chi connectivity index (χ0) is 18.2. The number of nitrogen functional groups attached to an aromatic ring is 1. The van der Waals surface area contributed by atoms with Crippen LogP contribution in [0.1, 0.15) is 19.4 Å². The van der Waals surface area contributed by atoms with Crippen molar-refractivity contribution in [3.63, 3.8) is 0 Å². The summed E-state index contributed by atoms with van der Waals surface area (Å²) in [5.74, 6) is -0.435. The molecular formula is C19H16BrFN4. The first-order chi connectivity index (χ1) is 11.8. The lowest BCUT2D eigenvalue weighted by Gasteiger charge is -2.18. The van der Waals surface area contributed by atoms with Gasteiger partial charge in [-0.15, -0.1) is 0 Å². The number of nitrogens with zero attached hydrogens (tertiary/aromatic N) is 2. The van der Waals surface area contributed by atoms with Gasteiger partial charge in [0.1, 0.15) is 5.82 Å². The summed E-state index contributed by atoms with van der Waals surface area (Å²) in [6.07, 6.45) is 1.57. The number of benzene rings is 2. The van der Waals surface area contributed by atoms with E-state index in [1.54, 1.807) is 32.2 Å². The van der Waals surface area contributed by atoms with Gasteiger partial charge in [0.2, 0.25) is 0 Å². The van der Waals surface area contributed by atoms with Gasteiger partial charge in [0, 0.05) is 21.1 Å². The Hall–Kier alpha value is -2.65. The fraction of sp³-hybridized carbons (Fsp3) is 0.158. The fourth-order valence-electron chi connectivity index (χ4n) is 2.62. The van der Waals surface area contributed by atoms with Gasteiger partial charge in [0.15, 0.2) is 0 Å². The number of nitrogens with two attached hydrogens (primary N) is 1.